The number of rotatable bonds is 33. The number of unbranched alkanes of at least 4 members (excludes halogenated alkanes) is 7. The van der Waals surface area contributed by atoms with Crippen molar-refractivity contribution in [2.75, 3.05) is 41.0 Å². The molecule has 0 aliphatic heterocycles. The molecule has 0 aliphatic carbocycles. The number of aliphatic carboxylic acids is 1. The minimum Gasteiger partial charge on any atom is -0.544 e. The summed E-state index contributed by atoms with van der Waals surface area (Å²) in [7, 11) is 5.36. The maximum absolute atomic E-state index is 12.5. The third-order valence-corrected chi connectivity index (χ3v) is 8.09. The number of likely N-dealkylation sites (N-methyl/N-ethyl adjacent to an activating group) is 1. The number of hydrogen-bond donors (Lipinski definition) is 0. The second kappa shape index (κ2) is 33.9. The molecule has 0 amide bonds. The number of carbonyl (C=O) groups excluding carboxylic acids is 3. The van der Waals surface area contributed by atoms with Crippen molar-refractivity contribution >= 4 is 17.9 Å². The molecule has 2 atom stereocenters. The largest absolute Gasteiger partial charge is 0.544 e. The van der Waals surface area contributed by atoms with Gasteiger partial charge in [-0.15, -0.1) is 0 Å². The minimum atomic E-state index is -1.14. The highest BCUT2D eigenvalue weighted by Crippen LogP contribution is 2.11. The Morgan fingerprint density at radius 3 is 1.71 bits per heavy atom. The second-order valence-electron chi connectivity index (χ2n) is 13.8. The number of ether oxygens (including phenoxy) is 3. The zero-order valence-corrected chi connectivity index (χ0v) is 32.7. The molecular weight excluding hydrogens is 642 g/mol. The third kappa shape index (κ3) is 32.4. The van der Waals surface area contributed by atoms with Crippen molar-refractivity contribution in [1.82, 2.24) is 0 Å². The van der Waals surface area contributed by atoms with Gasteiger partial charge in [-0.1, -0.05) is 112 Å². The van der Waals surface area contributed by atoms with Crippen LogP contribution in [-0.2, 0) is 28.6 Å². The lowest BCUT2D eigenvalue weighted by Crippen LogP contribution is -2.55. The van der Waals surface area contributed by atoms with E-state index < -0.39 is 18.1 Å². The summed E-state index contributed by atoms with van der Waals surface area (Å²) in [5, 5.41) is 11.6. The van der Waals surface area contributed by atoms with Crippen LogP contribution in [0.5, 0.6) is 0 Å². The lowest BCUT2D eigenvalue weighted by molar-refractivity contribution is -0.889. The number of carboxylic acids is 1. The van der Waals surface area contributed by atoms with E-state index in [0.29, 0.717) is 12.8 Å². The fourth-order valence-corrected chi connectivity index (χ4v) is 5.05. The Hall–Kier alpha value is -3.23. The van der Waals surface area contributed by atoms with Crippen molar-refractivity contribution in [2.45, 2.75) is 142 Å². The van der Waals surface area contributed by atoms with E-state index in [1.54, 1.807) is 21.1 Å². The van der Waals surface area contributed by atoms with Crippen molar-refractivity contribution in [3.63, 3.8) is 0 Å². The lowest BCUT2D eigenvalue weighted by atomic mass is 10.1. The van der Waals surface area contributed by atoms with Gasteiger partial charge < -0.3 is 28.6 Å². The van der Waals surface area contributed by atoms with Crippen LogP contribution in [0.3, 0.4) is 0 Å². The molecule has 0 aromatic rings. The van der Waals surface area contributed by atoms with Gasteiger partial charge in [-0.3, -0.25) is 9.59 Å². The Labute approximate surface area is 311 Å². The molecule has 0 saturated carbocycles. The molecule has 51 heavy (non-hydrogen) atoms. The Bertz CT molecular complexity index is 1060. The smallest absolute Gasteiger partial charge is 0.306 e. The van der Waals surface area contributed by atoms with E-state index in [1.807, 2.05) is 6.08 Å². The molecule has 0 fully saturated rings. The second-order valence-corrected chi connectivity index (χ2v) is 13.8. The summed E-state index contributed by atoms with van der Waals surface area (Å²) >= 11 is 0. The maximum atomic E-state index is 12.5. The van der Waals surface area contributed by atoms with E-state index in [-0.39, 0.29) is 49.1 Å². The van der Waals surface area contributed by atoms with Crippen molar-refractivity contribution in [3.8, 4) is 0 Å². The van der Waals surface area contributed by atoms with Gasteiger partial charge in [0.1, 0.15) is 12.6 Å². The van der Waals surface area contributed by atoms with E-state index in [0.717, 1.165) is 77.0 Å². The first-order valence-electron chi connectivity index (χ1n) is 19.5. The monoisotopic (exact) mass is 714 g/mol. The molecule has 0 N–H and O–H groups in total. The molecule has 0 rings (SSSR count). The number of esters is 2. The fourth-order valence-electron chi connectivity index (χ4n) is 5.05. The van der Waals surface area contributed by atoms with Gasteiger partial charge in [-0.2, -0.15) is 0 Å². The normalized spacial score (nSPS) is 13.8. The van der Waals surface area contributed by atoms with E-state index in [9.17, 15) is 19.5 Å². The lowest BCUT2D eigenvalue weighted by Gasteiger charge is -2.34. The first-order chi connectivity index (χ1) is 24.6. The van der Waals surface area contributed by atoms with Crippen LogP contribution >= 0.6 is 0 Å². The van der Waals surface area contributed by atoms with Crippen LogP contribution in [0.25, 0.3) is 0 Å². The molecule has 0 saturated heterocycles. The van der Waals surface area contributed by atoms with Gasteiger partial charge in [0.25, 0.3) is 0 Å². The Balaban J connectivity index is 4.36. The molecule has 0 spiro atoms. The van der Waals surface area contributed by atoms with Gasteiger partial charge in [0.2, 0.25) is 0 Å². The first kappa shape index (κ1) is 47.8. The molecule has 8 heteroatoms. The molecule has 0 aliphatic rings. The summed E-state index contributed by atoms with van der Waals surface area (Å²) in [6.45, 7) is 4.38. The molecule has 0 aromatic carbocycles. The third-order valence-electron chi connectivity index (χ3n) is 8.09. The van der Waals surface area contributed by atoms with Gasteiger partial charge in [-0.25, -0.2) is 0 Å². The van der Waals surface area contributed by atoms with Crippen LogP contribution in [0, 0.1) is 0 Å². The SMILES string of the molecule is CC/C=C/C/C=C/C/C=C/C/C=C/C/C=C/CCCCCCC(=O)OCC(COCCC(C(=O)[O-])[N+](C)(C)C)OC(=O)CC/C=C/CCCCC. The summed E-state index contributed by atoms with van der Waals surface area (Å²) in [6.07, 6.45) is 41.0. The van der Waals surface area contributed by atoms with Gasteiger partial charge >= 0.3 is 11.9 Å². The molecule has 0 radical (unpaired) electrons. The summed E-state index contributed by atoms with van der Waals surface area (Å²) in [4.78, 5) is 36.5. The van der Waals surface area contributed by atoms with Crippen molar-refractivity contribution in [1.29, 1.82) is 0 Å². The molecular formula is C43H71NO7. The van der Waals surface area contributed by atoms with Crippen LogP contribution in [0.2, 0.25) is 0 Å². The van der Waals surface area contributed by atoms with Gasteiger partial charge in [-0.05, 0) is 70.6 Å². The van der Waals surface area contributed by atoms with E-state index >= 15 is 0 Å². The zero-order chi connectivity index (χ0) is 37.8. The van der Waals surface area contributed by atoms with Crippen molar-refractivity contribution in [3.05, 3.63) is 72.9 Å². The number of hydrogen-bond acceptors (Lipinski definition) is 7. The summed E-state index contributed by atoms with van der Waals surface area (Å²) in [6, 6.07) is -0.736. The Morgan fingerprint density at radius 1 is 0.608 bits per heavy atom. The molecule has 0 bridgehead atoms. The fraction of sp³-hybridized carbons (Fsp3) is 0.651. The number of nitrogens with zero attached hydrogens (tertiary/aromatic N) is 1. The summed E-state index contributed by atoms with van der Waals surface area (Å²) < 4.78 is 16.9. The molecule has 8 nitrogen and oxygen atoms in total. The predicted octanol–water partition coefficient (Wildman–Crippen LogP) is 8.68. The average Bonchev–Trinajstić information content (AvgIpc) is 3.08. The summed E-state index contributed by atoms with van der Waals surface area (Å²) in [5.41, 5.74) is 0. The quantitative estimate of drug-likeness (QED) is 0.0290. The van der Waals surface area contributed by atoms with E-state index in [2.05, 4.69) is 80.7 Å². The molecule has 0 heterocycles. The topological polar surface area (TPSA) is 102 Å². The first-order valence-corrected chi connectivity index (χ1v) is 19.5. The highest BCUT2D eigenvalue weighted by Gasteiger charge is 2.25. The summed E-state index contributed by atoms with van der Waals surface area (Å²) in [5.74, 6) is -1.85. The molecule has 2 unspecified atom stereocenters. The highest BCUT2D eigenvalue weighted by atomic mass is 16.6. The number of carboxylic acid groups (broad SMARTS) is 1. The van der Waals surface area contributed by atoms with E-state index in [4.69, 9.17) is 14.2 Å². The predicted molar refractivity (Wildman–Crippen MR) is 208 cm³/mol. The highest BCUT2D eigenvalue weighted by molar-refractivity contribution is 5.70. The van der Waals surface area contributed by atoms with Crippen LogP contribution in [0.1, 0.15) is 129 Å². The van der Waals surface area contributed by atoms with Crippen LogP contribution in [0.4, 0.5) is 0 Å². The number of carbonyl (C=O) groups is 3. The van der Waals surface area contributed by atoms with Crippen LogP contribution in [-0.4, -0.2) is 75.5 Å². The number of allylic oxidation sites excluding steroid dienone is 12. The van der Waals surface area contributed by atoms with Gasteiger partial charge in [0.15, 0.2) is 6.10 Å². The maximum Gasteiger partial charge on any atom is 0.306 e. The Kier molecular flexibility index (Phi) is 31.7. The number of quaternary nitrogens is 1. The van der Waals surface area contributed by atoms with Gasteiger partial charge in [0, 0.05) is 19.3 Å². The average molecular weight is 714 g/mol. The Morgan fingerprint density at radius 2 is 1.14 bits per heavy atom. The van der Waals surface area contributed by atoms with Crippen molar-refractivity contribution < 1.29 is 38.2 Å². The molecule has 290 valence electrons. The van der Waals surface area contributed by atoms with Crippen molar-refractivity contribution in [2.24, 2.45) is 0 Å². The molecule has 0 aromatic heterocycles. The standard InChI is InChI=1S/C43H71NO7/c1-6-8-10-12-14-15-16-17-18-19-20-21-22-23-24-25-26-28-29-31-33-41(45)50-38-39(37-49-36-35-40(43(47)48)44(3,4)5)51-42(46)34-32-30-27-13-11-9-7-2/h8,10,14-15,17-18,20-21,23-24,27,30,39-40H,6-7,9,11-13,16,19,22,25-26,28-29,31-38H2,1-5H3/b10-8+,15-14+,18-17+,21-20+,24-23+,30-27+. The van der Waals surface area contributed by atoms with E-state index in [1.165, 1.54) is 12.8 Å². The van der Waals surface area contributed by atoms with Crippen LogP contribution < -0.4 is 5.11 Å². The minimum absolute atomic E-state index is 0.0125. The van der Waals surface area contributed by atoms with Gasteiger partial charge in [0.05, 0.1) is 40.3 Å². The van der Waals surface area contributed by atoms with Crippen LogP contribution in [0.15, 0.2) is 72.9 Å². The zero-order valence-electron chi connectivity index (χ0n) is 32.7.